The van der Waals surface area contributed by atoms with Gasteiger partial charge < -0.3 is 5.11 Å². The number of nitrogens with zero attached hydrogens (tertiary/aromatic N) is 1. The first kappa shape index (κ1) is 8.31. The Morgan fingerprint density at radius 1 is 1.31 bits per heavy atom. The summed E-state index contributed by atoms with van der Waals surface area (Å²) in [5.41, 5.74) is 1.55. The summed E-state index contributed by atoms with van der Waals surface area (Å²) in [4.78, 5) is 0. The van der Waals surface area contributed by atoms with E-state index in [2.05, 4.69) is 26.1 Å². The SMILES string of the molecule is Oc1ccccc1-c1cc(Br)n[nH]1. The van der Waals surface area contributed by atoms with E-state index in [1.165, 1.54) is 0 Å². The first-order chi connectivity index (χ1) is 6.27. The Balaban J connectivity index is 2.52. The number of para-hydroxylation sites is 1. The number of aromatic amines is 1. The van der Waals surface area contributed by atoms with Crippen molar-refractivity contribution in [1.29, 1.82) is 0 Å². The fourth-order valence-corrected chi connectivity index (χ4v) is 1.45. The molecule has 2 rings (SSSR count). The normalized spacial score (nSPS) is 10.2. The van der Waals surface area contributed by atoms with Gasteiger partial charge in [0.1, 0.15) is 10.4 Å². The van der Waals surface area contributed by atoms with E-state index in [1.807, 2.05) is 18.2 Å². The van der Waals surface area contributed by atoms with Crippen LogP contribution in [0.2, 0.25) is 0 Å². The number of rotatable bonds is 1. The lowest BCUT2D eigenvalue weighted by Gasteiger charge is -1.99. The summed E-state index contributed by atoms with van der Waals surface area (Å²) in [6.07, 6.45) is 0. The quantitative estimate of drug-likeness (QED) is 0.803. The number of benzene rings is 1. The average Bonchev–Trinajstić information content (AvgIpc) is 2.53. The van der Waals surface area contributed by atoms with E-state index in [4.69, 9.17) is 0 Å². The van der Waals surface area contributed by atoms with Crippen molar-refractivity contribution in [3.8, 4) is 17.0 Å². The molecule has 3 nitrogen and oxygen atoms in total. The van der Waals surface area contributed by atoms with Gasteiger partial charge in [-0.1, -0.05) is 12.1 Å². The molecule has 0 saturated heterocycles. The van der Waals surface area contributed by atoms with Crippen LogP contribution < -0.4 is 0 Å². The van der Waals surface area contributed by atoms with Crippen molar-refractivity contribution in [3.05, 3.63) is 34.9 Å². The van der Waals surface area contributed by atoms with Gasteiger partial charge in [0.2, 0.25) is 0 Å². The average molecular weight is 239 g/mol. The Morgan fingerprint density at radius 3 is 2.69 bits per heavy atom. The molecule has 1 aromatic carbocycles. The van der Waals surface area contributed by atoms with Gasteiger partial charge in [-0.05, 0) is 34.1 Å². The molecule has 4 heteroatoms. The molecule has 0 aliphatic carbocycles. The van der Waals surface area contributed by atoms with Crippen molar-refractivity contribution in [2.75, 3.05) is 0 Å². The van der Waals surface area contributed by atoms with E-state index < -0.39 is 0 Å². The highest BCUT2D eigenvalue weighted by molar-refractivity contribution is 9.10. The third-order valence-corrected chi connectivity index (χ3v) is 2.15. The van der Waals surface area contributed by atoms with Crippen LogP contribution in [0.5, 0.6) is 5.75 Å². The minimum Gasteiger partial charge on any atom is -0.507 e. The zero-order valence-electron chi connectivity index (χ0n) is 6.66. The Kier molecular flexibility index (Phi) is 2.06. The summed E-state index contributed by atoms with van der Waals surface area (Å²) in [5, 5.41) is 16.2. The Morgan fingerprint density at radius 2 is 2.08 bits per heavy atom. The summed E-state index contributed by atoms with van der Waals surface area (Å²) in [7, 11) is 0. The highest BCUT2D eigenvalue weighted by Gasteiger charge is 2.05. The molecule has 0 radical (unpaired) electrons. The summed E-state index contributed by atoms with van der Waals surface area (Å²) >= 11 is 3.23. The molecule has 0 aliphatic rings. The highest BCUT2D eigenvalue weighted by Crippen LogP contribution is 2.27. The smallest absolute Gasteiger partial charge is 0.128 e. The number of phenolic OH excluding ortho intramolecular Hbond substituents is 1. The molecule has 0 spiro atoms. The van der Waals surface area contributed by atoms with Crippen molar-refractivity contribution < 1.29 is 5.11 Å². The van der Waals surface area contributed by atoms with E-state index >= 15 is 0 Å². The standard InChI is InChI=1S/C9H7BrN2O/c10-9-5-7(11-12-9)6-3-1-2-4-8(6)13/h1-5,13H,(H,11,12). The molecule has 1 heterocycles. The van der Waals surface area contributed by atoms with Crippen molar-refractivity contribution in [3.63, 3.8) is 0 Å². The second kappa shape index (κ2) is 3.22. The monoisotopic (exact) mass is 238 g/mol. The van der Waals surface area contributed by atoms with Gasteiger partial charge in [-0.3, -0.25) is 5.10 Å². The highest BCUT2D eigenvalue weighted by atomic mass is 79.9. The fourth-order valence-electron chi connectivity index (χ4n) is 1.14. The maximum atomic E-state index is 9.51. The summed E-state index contributed by atoms with van der Waals surface area (Å²) in [5.74, 6) is 0.249. The van der Waals surface area contributed by atoms with Crippen LogP contribution in [0.4, 0.5) is 0 Å². The minimum atomic E-state index is 0.249. The van der Waals surface area contributed by atoms with Crippen LogP contribution >= 0.6 is 15.9 Å². The zero-order chi connectivity index (χ0) is 9.26. The number of aromatic nitrogens is 2. The number of phenols is 1. The molecular weight excluding hydrogens is 232 g/mol. The predicted octanol–water partition coefficient (Wildman–Crippen LogP) is 2.54. The number of halogens is 1. The van der Waals surface area contributed by atoms with Crippen LogP contribution in [-0.4, -0.2) is 15.3 Å². The Labute approximate surface area is 83.5 Å². The van der Waals surface area contributed by atoms with E-state index in [0.717, 1.165) is 15.9 Å². The van der Waals surface area contributed by atoms with Crippen molar-refractivity contribution >= 4 is 15.9 Å². The second-order valence-electron chi connectivity index (χ2n) is 2.62. The number of hydrogen-bond acceptors (Lipinski definition) is 2. The fraction of sp³-hybridized carbons (Fsp3) is 0. The van der Waals surface area contributed by atoms with E-state index in [1.54, 1.807) is 12.1 Å². The molecule has 0 atom stereocenters. The minimum absolute atomic E-state index is 0.249. The van der Waals surface area contributed by atoms with Gasteiger partial charge in [0.15, 0.2) is 0 Å². The van der Waals surface area contributed by atoms with Gasteiger partial charge in [-0.15, -0.1) is 0 Å². The van der Waals surface area contributed by atoms with Crippen molar-refractivity contribution in [2.45, 2.75) is 0 Å². The maximum Gasteiger partial charge on any atom is 0.128 e. The summed E-state index contributed by atoms with van der Waals surface area (Å²) < 4.78 is 0.728. The molecular formula is C9H7BrN2O. The summed E-state index contributed by atoms with van der Waals surface area (Å²) in [6, 6.07) is 8.93. The van der Waals surface area contributed by atoms with Crippen LogP contribution in [0.15, 0.2) is 34.9 Å². The molecule has 2 N–H and O–H groups in total. The molecule has 2 aromatic rings. The van der Waals surface area contributed by atoms with E-state index in [-0.39, 0.29) is 5.75 Å². The lowest BCUT2D eigenvalue weighted by molar-refractivity contribution is 0.477. The molecule has 0 fully saturated rings. The molecule has 66 valence electrons. The third kappa shape index (κ3) is 1.58. The van der Waals surface area contributed by atoms with Crippen LogP contribution in [0.25, 0.3) is 11.3 Å². The molecule has 0 saturated carbocycles. The first-order valence-electron chi connectivity index (χ1n) is 3.76. The van der Waals surface area contributed by atoms with Crippen LogP contribution in [-0.2, 0) is 0 Å². The first-order valence-corrected chi connectivity index (χ1v) is 4.56. The second-order valence-corrected chi connectivity index (χ2v) is 3.43. The third-order valence-electron chi connectivity index (χ3n) is 1.74. The maximum absolute atomic E-state index is 9.51. The van der Waals surface area contributed by atoms with Gasteiger partial charge in [-0.25, -0.2) is 0 Å². The molecule has 0 unspecified atom stereocenters. The predicted molar refractivity (Wildman–Crippen MR) is 53.4 cm³/mol. The van der Waals surface area contributed by atoms with Crippen molar-refractivity contribution in [1.82, 2.24) is 10.2 Å². The number of aromatic hydroxyl groups is 1. The van der Waals surface area contributed by atoms with Gasteiger partial charge in [0.25, 0.3) is 0 Å². The Hall–Kier alpha value is -1.29. The molecule has 1 aromatic heterocycles. The zero-order valence-corrected chi connectivity index (χ0v) is 8.25. The Bertz CT molecular complexity index is 425. The number of nitrogens with one attached hydrogen (secondary N) is 1. The lowest BCUT2D eigenvalue weighted by Crippen LogP contribution is -1.77. The molecule has 13 heavy (non-hydrogen) atoms. The van der Waals surface area contributed by atoms with Crippen LogP contribution in [0.3, 0.4) is 0 Å². The van der Waals surface area contributed by atoms with Crippen LogP contribution in [0.1, 0.15) is 0 Å². The van der Waals surface area contributed by atoms with E-state index in [9.17, 15) is 5.11 Å². The number of H-pyrrole nitrogens is 1. The number of hydrogen-bond donors (Lipinski definition) is 2. The van der Waals surface area contributed by atoms with Crippen molar-refractivity contribution in [2.24, 2.45) is 0 Å². The molecule has 0 amide bonds. The summed E-state index contributed by atoms with van der Waals surface area (Å²) in [6.45, 7) is 0. The van der Waals surface area contributed by atoms with Gasteiger partial charge in [-0.2, -0.15) is 5.10 Å². The molecule has 0 aliphatic heterocycles. The molecule has 0 bridgehead atoms. The lowest BCUT2D eigenvalue weighted by atomic mass is 10.1. The van der Waals surface area contributed by atoms with Gasteiger partial charge in [0, 0.05) is 5.56 Å². The van der Waals surface area contributed by atoms with Crippen LogP contribution in [0, 0.1) is 0 Å². The van der Waals surface area contributed by atoms with Gasteiger partial charge >= 0.3 is 0 Å². The topological polar surface area (TPSA) is 48.9 Å². The van der Waals surface area contributed by atoms with E-state index in [0.29, 0.717) is 0 Å². The van der Waals surface area contributed by atoms with Gasteiger partial charge in [0.05, 0.1) is 5.69 Å². The largest absolute Gasteiger partial charge is 0.507 e.